The van der Waals surface area contributed by atoms with Crippen LogP contribution in [0.1, 0.15) is 25.5 Å². The SMILES string of the molecule is CC(NC(=O)[C@H]1NCCO[C@@H]1C)c1cccc([N+](=O)[O-])c1.Cl. The molecule has 2 N–H and O–H groups in total. The van der Waals surface area contributed by atoms with E-state index in [-0.39, 0.29) is 36.1 Å². The molecule has 0 radical (unpaired) electrons. The normalized spacial score (nSPS) is 22.3. The van der Waals surface area contributed by atoms with Gasteiger partial charge in [0.1, 0.15) is 6.04 Å². The van der Waals surface area contributed by atoms with Crippen molar-refractivity contribution >= 4 is 24.0 Å². The number of carbonyl (C=O) groups excluding carboxylic acids is 1. The zero-order valence-corrected chi connectivity index (χ0v) is 13.3. The van der Waals surface area contributed by atoms with Gasteiger partial charge in [-0.15, -0.1) is 12.4 Å². The van der Waals surface area contributed by atoms with Crippen LogP contribution in [0, 0.1) is 10.1 Å². The standard InChI is InChI=1S/C14H19N3O4.ClH/c1-9(11-4-3-5-12(8-11)17(19)20)16-14(18)13-10(2)21-7-6-15-13;/h3-5,8-10,13,15H,6-7H2,1-2H3,(H,16,18);1H/t9?,10-,13+;/m1./s1. The van der Waals surface area contributed by atoms with Gasteiger partial charge in [0.25, 0.3) is 5.69 Å². The second-order valence-corrected chi connectivity index (χ2v) is 5.09. The van der Waals surface area contributed by atoms with Gasteiger partial charge in [0.15, 0.2) is 0 Å². The number of halogens is 1. The second kappa shape index (κ2) is 8.07. The van der Waals surface area contributed by atoms with E-state index in [4.69, 9.17) is 4.74 Å². The summed E-state index contributed by atoms with van der Waals surface area (Å²) in [6.07, 6.45) is -0.198. The average molecular weight is 330 g/mol. The Morgan fingerprint density at radius 2 is 2.27 bits per heavy atom. The third-order valence-corrected chi connectivity index (χ3v) is 3.54. The summed E-state index contributed by atoms with van der Waals surface area (Å²) in [5.74, 6) is -0.166. The molecular weight excluding hydrogens is 310 g/mol. The molecule has 1 aromatic rings. The van der Waals surface area contributed by atoms with Crippen LogP contribution in [0.3, 0.4) is 0 Å². The van der Waals surface area contributed by atoms with E-state index in [2.05, 4.69) is 10.6 Å². The maximum Gasteiger partial charge on any atom is 0.269 e. The van der Waals surface area contributed by atoms with E-state index >= 15 is 0 Å². The minimum Gasteiger partial charge on any atom is -0.375 e. The van der Waals surface area contributed by atoms with Gasteiger partial charge in [0.05, 0.1) is 23.7 Å². The van der Waals surface area contributed by atoms with Gasteiger partial charge in [-0.05, 0) is 19.4 Å². The van der Waals surface area contributed by atoms with Crippen LogP contribution in [0.2, 0.25) is 0 Å². The summed E-state index contributed by atoms with van der Waals surface area (Å²) in [6, 6.07) is 5.55. The number of nitro groups is 1. The molecule has 1 aliphatic heterocycles. The highest BCUT2D eigenvalue weighted by molar-refractivity contribution is 5.85. The van der Waals surface area contributed by atoms with Crippen molar-refractivity contribution in [1.82, 2.24) is 10.6 Å². The van der Waals surface area contributed by atoms with Crippen molar-refractivity contribution < 1.29 is 14.5 Å². The molecule has 0 bridgehead atoms. The maximum atomic E-state index is 12.2. The zero-order valence-electron chi connectivity index (χ0n) is 12.4. The van der Waals surface area contributed by atoms with Crippen LogP contribution in [0.25, 0.3) is 0 Å². The number of benzene rings is 1. The maximum absolute atomic E-state index is 12.2. The van der Waals surface area contributed by atoms with E-state index in [9.17, 15) is 14.9 Å². The summed E-state index contributed by atoms with van der Waals surface area (Å²) < 4.78 is 5.44. The van der Waals surface area contributed by atoms with Gasteiger partial charge in [-0.25, -0.2) is 0 Å². The van der Waals surface area contributed by atoms with Gasteiger partial charge in [0.2, 0.25) is 5.91 Å². The van der Waals surface area contributed by atoms with Crippen molar-refractivity contribution in [3.05, 3.63) is 39.9 Å². The fourth-order valence-electron chi connectivity index (χ4n) is 2.32. The Kier molecular flexibility index (Phi) is 6.73. The number of nitrogens with zero attached hydrogens (tertiary/aromatic N) is 1. The van der Waals surface area contributed by atoms with Crippen LogP contribution in [0.15, 0.2) is 24.3 Å². The lowest BCUT2D eigenvalue weighted by Gasteiger charge is -2.30. The lowest BCUT2D eigenvalue weighted by atomic mass is 10.1. The number of hydrogen-bond acceptors (Lipinski definition) is 5. The first-order valence-electron chi connectivity index (χ1n) is 6.88. The van der Waals surface area contributed by atoms with Gasteiger partial charge in [-0.1, -0.05) is 12.1 Å². The number of hydrogen-bond donors (Lipinski definition) is 2. The molecule has 0 aromatic heterocycles. The summed E-state index contributed by atoms with van der Waals surface area (Å²) in [5.41, 5.74) is 0.711. The molecular formula is C14H20ClN3O4. The fourth-order valence-corrected chi connectivity index (χ4v) is 2.32. The van der Waals surface area contributed by atoms with Gasteiger partial charge < -0.3 is 15.4 Å². The van der Waals surface area contributed by atoms with E-state index < -0.39 is 11.0 Å². The molecule has 122 valence electrons. The predicted molar refractivity (Wildman–Crippen MR) is 84.1 cm³/mol. The number of amides is 1. The number of ether oxygens (including phenoxy) is 1. The highest BCUT2D eigenvalue weighted by atomic mass is 35.5. The second-order valence-electron chi connectivity index (χ2n) is 5.09. The van der Waals surface area contributed by atoms with Gasteiger partial charge in [0, 0.05) is 18.7 Å². The van der Waals surface area contributed by atoms with Crippen LogP contribution < -0.4 is 10.6 Å². The molecule has 1 heterocycles. The minimum absolute atomic E-state index is 0. The Labute approximate surface area is 135 Å². The number of morpholine rings is 1. The molecule has 8 heteroatoms. The van der Waals surface area contributed by atoms with Gasteiger partial charge >= 0.3 is 0 Å². The molecule has 1 amide bonds. The molecule has 2 rings (SSSR count). The Morgan fingerprint density at radius 1 is 1.55 bits per heavy atom. The molecule has 1 saturated heterocycles. The van der Waals surface area contributed by atoms with E-state index in [1.54, 1.807) is 19.1 Å². The lowest BCUT2D eigenvalue weighted by Crippen LogP contribution is -2.55. The summed E-state index contributed by atoms with van der Waals surface area (Å²) in [6.45, 7) is 4.86. The summed E-state index contributed by atoms with van der Waals surface area (Å²) >= 11 is 0. The van der Waals surface area contributed by atoms with E-state index in [0.717, 1.165) is 0 Å². The third-order valence-electron chi connectivity index (χ3n) is 3.54. The number of carbonyl (C=O) groups is 1. The topological polar surface area (TPSA) is 93.5 Å². The first kappa shape index (κ1) is 18.3. The summed E-state index contributed by atoms with van der Waals surface area (Å²) in [7, 11) is 0. The third kappa shape index (κ3) is 4.40. The Hall–Kier alpha value is -1.70. The highest BCUT2D eigenvalue weighted by Gasteiger charge is 2.29. The lowest BCUT2D eigenvalue weighted by molar-refractivity contribution is -0.384. The largest absolute Gasteiger partial charge is 0.375 e. The number of nitro benzene ring substituents is 1. The first-order valence-corrected chi connectivity index (χ1v) is 6.88. The van der Waals surface area contributed by atoms with E-state index in [0.29, 0.717) is 18.7 Å². The molecule has 3 atom stereocenters. The predicted octanol–water partition coefficient (Wildman–Crippen LogP) is 1.57. The van der Waals surface area contributed by atoms with Crippen molar-refractivity contribution in [2.75, 3.05) is 13.2 Å². The van der Waals surface area contributed by atoms with Gasteiger partial charge in [-0.2, -0.15) is 0 Å². The van der Waals surface area contributed by atoms with Crippen molar-refractivity contribution in [2.24, 2.45) is 0 Å². The molecule has 0 saturated carbocycles. The molecule has 1 aliphatic rings. The fraction of sp³-hybridized carbons (Fsp3) is 0.500. The summed E-state index contributed by atoms with van der Waals surface area (Å²) in [4.78, 5) is 22.6. The van der Waals surface area contributed by atoms with Crippen molar-refractivity contribution in [1.29, 1.82) is 0 Å². The van der Waals surface area contributed by atoms with Gasteiger partial charge in [-0.3, -0.25) is 14.9 Å². The van der Waals surface area contributed by atoms with Crippen LogP contribution in [-0.2, 0) is 9.53 Å². The number of non-ortho nitro benzene ring substituents is 1. The monoisotopic (exact) mass is 329 g/mol. The summed E-state index contributed by atoms with van der Waals surface area (Å²) in [5, 5.41) is 16.7. The van der Waals surface area contributed by atoms with Crippen LogP contribution in [0.5, 0.6) is 0 Å². The first-order chi connectivity index (χ1) is 9.99. The quantitative estimate of drug-likeness (QED) is 0.646. The van der Waals surface area contributed by atoms with Crippen LogP contribution >= 0.6 is 12.4 Å². The average Bonchev–Trinajstić information content (AvgIpc) is 2.47. The molecule has 1 aromatic carbocycles. The highest BCUT2D eigenvalue weighted by Crippen LogP contribution is 2.19. The van der Waals surface area contributed by atoms with Crippen molar-refractivity contribution in [2.45, 2.75) is 32.0 Å². The molecule has 0 aliphatic carbocycles. The molecule has 1 unspecified atom stereocenters. The molecule has 0 spiro atoms. The minimum atomic E-state index is -0.448. The van der Waals surface area contributed by atoms with Crippen LogP contribution in [-0.4, -0.2) is 36.1 Å². The Balaban J connectivity index is 0.00000242. The smallest absolute Gasteiger partial charge is 0.269 e. The van der Waals surface area contributed by atoms with Crippen molar-refractivity contribution in [3.63, 3.8) is 0 Å². The van der Waals surface area contributed by atoms with E-state index in [1.165, 1.54) is 12.1 Å². The Morgan fingerprint density at radius 3 is 2.91 bits per heavy atom. The Bertz CT molecular complexity index is 541. The van der Waals surface area contributed by atoms with Crippen molar-refractivity contribution in [3.8, 4) is 0 Å². The molecule has 1 fully saturated rings. The van der Waals surface area contributed by atoms with Crippen LogP contribution in [0.4, 0.5) is 5.69 Å². The number of rotatable bonds is 4. The molecule has 22 heavy (non-hydrogen) atoms. The zero-order chi connectivity index (χ0) is 15.4. The van der Waals surface area contributed by atoms with E-state index in [1.807, 2.05) is 6.92 Å². The number of nitrogens with one attached hydrogen (secondary N) is 2. The molecule has 7 nitrogen and oxygen atoms in total.